The molecule has 3 atom stereocenters. The second-order valence-electron chi connectivity index (χ2n) is 7.98. The Morgan fingerprint density at radius 3 is 2.88 bits per heavy atom. The van der Waals surface area contributed by atoms with Crippen molar-refractivity contribution in [1.82, 2.24) is 20.0 Å². The Morgan fingerprint density at radius 1 is 1.04 bits per heavy atom. The summed E-state index contributed by atoms with van der Waals surface area (Å²) in [6.07, 6.45) is 5.61. The fraction of sp³-hybridized carbons (Fsp3) is 0.600. The van der Waals surface area contributed by atoms with Gasteiger partial charge >= 0.3 is 0 Å². The predicted molar refractivity (Wildman–Crippen MR) is 95.8 cm³/mol. The molecule has 0 N–H and O–H groups in total. The maximum Gasteiger partial charge on any atom is 0.247 e. The Kier molecular flexibility index (Phi) is 4.06. The van der Waals surface area contributed by atoms with Gasteiger partial charge in [0.15, 0.2) is 0 Å². The minimum Gasteiger partial charge on any atom is -0.419 e. The molecule has 3 aliphatic rings. The van der Waals surface area contributed by atoms with E-state index in [0.717, 1.165) is 35.9 Å². The molecule has 1 aromatic carbocycles. The van der Waals surface area contributed by atoms with Gasteiger partial charge in [-0.2, -0.15) is 0 Å². The molecule has 25 heavy (non-hydrogen) atoms. The van der Waals surface area contributed by atoms with E-state index in [4.69, 9.17) is 4.42 Å². The van der Waals surface area contributed by atoms with Gasteiger partial charge in [0.1, 0.15) is 0 Å². The fourth-order valence-electron chi connectivity index (χ4n) is 5.20. The van der Waals surface area contributed by atoms with Crippen molar-refractivity contribution in [3.05, 3.63) is 36.2 Å². The van der Waals surface area contributed by atoms with E-state index in [1.807, 2.05) is 30.3 Å². The Morgan fingerprint density at radius 2 is 1.96 bits per heavy atom. The van der Waals surface area contributed by atoms with Crippen LogP contribution in [-0.4, -0.2) is 52.2 Å². The highest BCUT2D eigenvalue weighted by Gasteiger charge is 2.41. The van der Waals surface area contributed by atoms with Gasteiger partial charge in [-0.15, -0.1) is 10.2 Å². The fourth-order valence-corrected chi connectivity index (χ4v) is 5.20. The van der Waals surface area contributed by atoms with Gasteiger partial charge in [-0.1, -0.05) is 24.6 Å². The van der Waals surface area contributed by atoms with E-state index in [0.29, 0.717) is 5.89 Å². The van der Waals surface area contributed by atoms with Gasteiger partial charge in [0.2, 0.25) is 11.8 Å². The average Bonchev–Trinajstić information content (AvgIpc) is 3.11. The molecule has 0 radical (unpaired) electrons. The first-order valence-electron chi connectivity index (χ1n) is 9.69. The van der Waals surface area contributed by atoms with Gasteiger partial charge in [0, 0.05) is 31.2 Å². The molecule has 3 aliphatic heterocycles. The van der Waals surface area contributed by atoms with Crippen LogP contribution in [0.3, 0.4) is 0 Å². The van der Waals surface area contributed by atoms with Crippen molar-refractivity contribution in [2.75, 3.05) is 26.2 Å². The zero-order valence-corrected chi connectivity index (χ0v) is 14.7. The zero-order chi connectivity index (χ0) is 16.6. The van der Waals surface area contributed by atoms with E-state index in [9.17, 15) is 0 Å². The lowest BCUT2D eigenvalue weighted by atomic mass is 9.76. The van der Waals surface area contributed by atoms with Crippen LogP contribution < -0.4 is 0 Å². The summed E-state index contributed by atoms with van der Waals surface area (Å²) in [7, 11) is 0. The van der Waals surface area contributed by atoms with Crippen molar-refractivity contribution in [1.29, 1.82) is 0 Å². The molecule has 0 aliphatic carbocycles. The minimum atomic E-state index is 0.631. The maximum absolute atomic E-state index is 5.93. The standard InChI is InChI=1S/C20H26N4O/c1-2-6-16(7-3-1)20-22-21-19(25-20)14-23-11-15-10-17(13-23)18-8-4-5-9-24(18)12-15/h1-3,6-7,15,17-18H,4-5,8-14H2/t15-,17+,18-/m0/s1. The van der Waals surface area contributed by atoms with Crippen molar-refractivity contribution in [3.8, 4) is 11.5 Å². The molecule has 2 aromatic rings. The molecule has 0 spiro atoms. The van der Waals surface area contributed by atoms with Crippen molar-refractivity contribution >= 4 is 0 Å². The molecule has 1 aromatic heterocycles. The summed E-state index contributed by atoms with van der Waals surface area (Å²) < 4.78 is 5.93. The molecule has 132 valence electrons. The van der Waals surface area contributed by atoms with Gasteiger partial charge in [-0.25, -0.2) is 0 Å². The highest BCUT2D eigenvalue weighted by Crippen LogP contribution is 2.37. The number of nitrogens with zero attached hydrogens (tertiary/aromatic N) is 4. The third kappa shape index (κ3) is 3.11. The summed E-state index contributed by atoms with van der Waals surface area (Å²) >= 11 is 0. The number of aromatic nitrogens is 2. The van der Waals surface area contributed by atoms with E-state index in [2.05, 4.69) is 20.0 Å². The normalized spacial score (nSPS) is 30.2. The van der Waals surface area contributed by atoms with Crippen LogP contribution in [0, 0.1) is 11.8 Å². The zero-order valence-electron chi connectivity index (χ0n) is 14.7. The van der Waals surface area contributed by atoms with Crippen molar-refractivity contribution in [3.63, 3.8) is 0 Å². The Hall–Kier alpha value is -1.72. The van der Waals surface area contributed by atoms with Gasteiger partial charge in [-0.3, -0.25) is 9.80 Å². The summed E-state index contributed by atoms with van der Waals surface area (Å²) in [5.41, 5.74) is 0.995. The van der Waals surface area contributed by atoms with Crippen LogP contribution in [-0.2, 0) is 6.54 Å². The molecule has 0 saturated carbocycles. The van der Waals surface area contributed by atoms with Crippen molar-refractivity contribution in [2.45, 2.75) is 38.3 Å². The lowest BCUT2D eigenvalue weighted by Gasteiger charge is -2.52. The molecule has 0 amide bonds. The van der Waals surface area contributed by atoms with Crippen LogP contribution in [0.5, 0.6) is 0 Å². The first-order valence-corrected chi connectivity index (χ1v) is 9.69. The summed E-state index contributed by atoms with van der Waals surface area (Å²) in [6, 6.07) is 10.8. The van der Waals surface area contributed by atoms with E-state index in [1.54, 1.807) is 0 Å². The average molecular weight is 338 g/mol. The third-order valence-electron chi connectivity index (χ3n) is 6.19. The van der Waals surface area contributed by atoms with Gasteiger partial charge in [0.05, 0.1) is 6.54 Å². The Labute approximate surface area is 149 Å². The Balaban J connectivity index is 1.27. The monoisotopic (exact) mass is 338 g/mol. The SMILES string of the molecule is c1ccc(-c2nnc(CN3C[C@@H]4C[C@H](C3)[C@@H]3CCCCN3C4)o2)cc1. The van der Waals surface area contributed by atoms with Crippen LogP contribution in [0.25, 0.3) is 11.5 Å². The minimum absolute atomic E-state index is 0.631. The van der Waals surface area contributed by atoms with E-state index >= 15 is 0 Å². The van der Waals surface area contributed by atoms with E-state index in [-0.39, 0.29) is 0 Å². The van der Waals surface area contributed by atoms with Crippen LogP contribution in [0.2, 0.25) is 0 Å². The smallest absolute Gasteiger partial charge is 0.247 e. The lowest BCUT2D eigenvalue weighted by Crippen LogP contribution is -2.58. The first kappa shape index (κ1) is 15.5. The molecule has 3 saturated heterocycles. The van der Waals surface area contributed by atoms with Crippen LogP contribution in [0.1, 0.15) is 31.6 Å². The number of piperidine rings is 3. The second kappa shape index (κ2) is 6.54. The summed E-state index contributed by atoms with van der Waals surface area (Å²) in [5, 5.41) is 8.53. The number of likely N-dealkylation sites (tertiary alicyclic amines) is 1. The molecule has 3 fully saturated rings. The largest absolute Gasteiger partial charge is 0.419 e. The summed E-state index contributed by atoms with van der Waals surface area (Å²) in [4.78, 5) is 5.33. The van der Waals surface area contributed by atoms with Crippen molar-refractivity contribution < 1.29 is 4.42 Å². The third-order valence-corrected chi connectivity index (χ3v) is 6.19. The number of benzene rings is 1. The van der Waals surface area contributed by atoms with Crippen LogP contribution in [0.4, 0.5) is 0 Å². The molecule has 5 rings (SSSR count). The molecule has 5 heteroatoms. The molecular formula is C20H26N4O. The lowest BCUT2D eigenvalue weighted by molar-refractivity contribution is -0.0343. The van der Waals surface area contributed by atoms with Gasteiger partial charge in [-0.05, 0) is 49.8 Å². The quantitative estimate of drug-likeness (QED) is 0.861. The maximum atomic E-state index is 5.93. The van der Waals surface area contributed by atoms with E-state index < -0.39 is 0 Å². The molecule has 5 nitrogen and oxygen atoms in total. The van der Waals surface area contributed by atoms with Gasteiger partial charge < -0.3 is 4.42 Å². The second-order valence-corrected chi connectivity index (χ2v) is 7.98. The number of fused-ring (bicyclic) bond motifs is 4. The molecular weight excluding hydrogens is 312 g/mol. The van der Waals surface area contributed by atoms with Crippen LogP contribution in [0.15, 0.2) is 34.7 Å². The predicted octanol–water partition coefficient (Wildman–Crippen LogP) is 3.04. The first-order chi connectivity index (χ1) is 12.3. The molecule has 0 unspecified atom stereocenters. The summed E-state index contributed by atoms with van der Waals surface area (Å²) in [5.74, 6) is 3.01. The molecule has 4 heterocycles. The summed E-state index contributed by atoms with van der Waals surface area (Å²) in [6.45, 7) is 5.75. The number of rotatable bonds is 3. The molecule has 2 bridgehead atoms. The van der Waals surface area contributed by atoms with E-state index in [1.165, 1.54) is 51.9 Å². The Bertz CT molecular complexity index is 715. The number of hydrogen-bond acceptors (Lipinski definition) is 5. The highest BCUT2D eigenvalue weighted by molar-refractivity contribution is 5.51. The van der Waals surface area contributed by atoms with Gasteiger partial charge in [0.25, 0.3) is 0 Å². The van der Waals surface area contributed by atoms with Crippen LogP contribution >= 0.6 is 0 Å². The van der Waals surface area contributed by atoms with Crippen molar-refractivity contribution in [2.24, 2.45) is 11.8 Å². The topological polar surface area (TPSA) is 45.4 Å². The highest BCUT2D eigenvalue weighted by atomic mass is 16.4. The number of hydrogen-bond donors (Lipinski definition) is 0.